The van der Waals surface area contributed by atoms with Crippen molar-refractivity contribution in [1.29, 1.82) is 0 Å². The summed E-state index contributed by atoms with van der Waals surface area (Å²) in [6.45, 7) is 5.49. The van der Waals surface area contributed by atoms with Crippen LogP contribution in [0.15, 0.2) is 22.9 Å². The van der Waals surface area contributed by atoms with E-state index in [1.54, 1.807) is 0 Å². The van der Waals surface area contributed by atoms with Crippen LogP contribution in [0.3, 0.4) is 0 Å². The monoisotopic (exact) mass is 346 g/mol. The van der Waals surface area contributed by atoms with Crippen LogP contribution < -0.4 is 5.32 Å². The molecular formula is C17H19FN4O3. The van der Waals surface area contributed by atoms with E-state index < -0.39 is 17.5 Å². The Bertz CT molecular complexity index is 823. The first kappa shape index (κ1) is 16.0. The highest BCUT2D eigenvalue weighted by molar-refractivity contribution is 5.70. The van der Waals surface area contributed by atoms with Crippen LogP contribution >= 0.6 is 0 Å². The van der Waals surface area contributed by atoms with Crippen molar-refractivity contribution in [2.75, 3.05) is 0 Å². The third-order valence-corrected chi connectivity index (χ3v) is 4.63. The molecule has 2 aromatic rings. The van der Waals surface area contributed by atoms with Crippen molar-refractivity contribution in [1.82, 2.24) is 20.5 Å². The molecule has 0 spiro atoms. The van der Waals surface area contributed by atoms with E-state index in [4.69, 9.17) is 9.15 Å². The van der Waals surface area contributed by atoms with Crippen LogP contribution in [0.1, 0.15) is 45.9 Å². The van der Waals surface area contributed by atoms with Crippen molar-refractivity contribution in [3.63, 3.8) is 0 Å². The molecule has 0 aliphatic heterocycles. The SMILES string of the molecule is CC(C)(C)OC(=O)NC12CC(c3nnc(-c4cncc(F)c4)o3)(C1)C2. The minimum Gasteiger partial charge on any atom is -0.444 e. The summed E-state index contributed by atoms with van der Waals surface area (Å²) in [4.78, 5) is 15.7. The van der Waals surface area contributed by atoms with Gasteiger partial charge in [0, 0.05) is 11.7 Å². The fourth-order valence-electron chi connectivity index (χ4n) is 3.75. The van der Waals surface area contributed by atoms with E-state index in [1.165, 1.54) is 12.3 Å². The maximum atomic E-state index is 13.3. The molecule has 3 aliphatic rings. The molecule has 0 saturated heterocycles. The molecule has 7 nitrogen and oxygen atoms in total. The van der Waals surface area contributed by atoms with Crippen LogP contribution in [-0.2, 0) is 10.2 Å². The van der Waals surface area contributed by atoms with Crippen molar-refractivity contribution < 1.29 is 18.3 Å². The minimum absolute atomic E-state index is 0.193. The van der Waals surface area contributed by atoms with Crippen molar-refractivity contribution in [3.05, 3.63) is 30.2 Å². The molecule has 3 fully saturated rings. The van der Waals surface area contributed by atoms with Gasteiger partial charge in [-0.3, -0.25) is 4.98 Å². The maximum Gasteiger partial charge on any atom is 0.408 e. The van der Waals surface area contributed by atoms with E-state index >= 15 is 0 Å². The third kappa shape index (κ3) is 2.75. The van der Waals surface area contributed by atoms with Crippen molar-refractivity contribution >= 4 is 6.09 Å². The van der Waals surface area contributed by atoms with E-state index in [9.17, 15) is 9.18 Å². The van der Waals surface area contributed by atoms with Crippen molar-refractivity contribution in [2.45, 2.75) is 56.6 Å². The number of aromatic nitrogens is 3. The van der Waals surface area contributed by atoms with Crippen LogP contribution in [0.2, 0.25) is 0 Å². The van der Waals surface area contributed by atoms with Gasteiger partial charge in [-0.2, -0.15) is 0 Å². The van der Waals surface area contributed by atoms with Gasteiger partial charge in [0.1, 0.15) is 11.4 Å². The zero-order valence-electron chi connectivity index (χ0n) is 14.3. The van der Waals surface area contributed by atoms with Gasteiger partial charge in [-0.15, -0.1) is 10.2 Å². The zero-order chi connectivity index (χ0) is 17.9. The summed E-state index contributed by atoms with van der Waals surface area (Å²) in [6.07, 6.45) is 4.41. The summed E-state index contributed by atoms with van der Waals surface area (Å²) in [5, 5.41) is 11.1. The smallest absolute Gasteiger partial charge is 0.408 e. The Kier molecular flexibility index (Phi) is 3.20. The second-order valence-electron chi connectivity index (χ2n) is 8.02. The fourth-order valence-corrected chi connectivity index (χ4v) is 3.75. The molecule has 2 aromatic heterocycles. The van der Waals surface area contributed by atoms with Gasteiger partial charge >= 0.3 is 6.09 Å². The highest BCUT2D eigenvalue weighted by Gasteiger charge is 2.72. The van der Waals surface area contributed by atoms with E-state index in [0.29, 0.717) is 11.5 Å². The quantitative estimate of drug-likeness (QED) is 0.919. The number of nitrogens with one attached hydrogen (secondary N) is 1. The number of carbonyl (C=O) groups is 1. The lowest BCUT2D eigenvalue weighted by Crippen LogP contribution is -2.77. The van der Waals surface area contributed by atoms with Crippen LogP contribution in [-0.4, -0.2) is 32.4 Å². The van der Waals surface area contributed by atoms with Crippen LogP contribution in [0, 0.1) is 5.82 Å². The Morgan fingerprint density at radius 3 is 2.64 bits per heavy atom. The second kappa shape index (κ2) is 5.00. The number of hydrogen-bond donors (Lipinski definition) is 1. The van der Waals surface area contributed by atoms with Crippen molar-refractivity contribution in [2.24, 2.45) is 0 Å². The molecule has 132 valence electrons. The lowest BCUT2D eigenvalue weighted by molar-refractivity contribution is -0.102. The molecule has 0 aromatic carbocycles. The number of carbonyl (C=O) groups excluding carboxylic acids is 1. The van der Waals surface area contributed by atoms with Gasteiger partial charge in [-0.05, 0) is 46.1 Å². The molecule has 0 atom stereocenters. The molecule has 1 N–H and O–H groups in total. The molecule has 5 rings (SSSR count). The van der Waals surface area contributed by atoms with Gasteiger partial charge in [0.05, 0.1) is 17.2 Å². The summed E-state index contributed by atoms with van der Waals surface area (Å²) in [5.41, 5.74) is -0.503. The maximum absolute atomic E-state index is 13.3. The number of nitrogens with zero attached hydrogens (tertiary/aromatic N) is 3. The number of amides is 1. The van der Waals surface area contributed by atoms with E-state index in [2.05, 4.69) is 20.5 Å². The van der Waals surface area contributed by atoms with Crippen LogP contribution in [0.5, 0.6) is 0 Å². The van der Waals surface area contributed by atoms with Crippen molar-refractivity contribution in [3.8, 4) is 11.5 Å². The molecule has 8 heteroatoms. The lowest BCUT2D eigenvalue weighted by atomic mass is 9.39. The predicted molar refractivity (Wildman–Crippen MR) is 85.1 cm³/mol. The summed E-state index contributed by atoms with van der Waals surface area (Å²) in [6, 6.07) is 1.30. The Morgan fingerprint density at radius 1 is 1.28 bits per heavy atom. The molecule has 2 bridgehead atoms. The van der Waals surface area contributed by atoms with E-state index in [-0.39, 0.29) is 16.8 Å². The number of halogens is 1. The molecule has 3 aliphatic carbocycles. The Morgan fingerprint density at radius 2 is 2.00 bits per heavy atom. The minimum atomic E-state index is -0.522. The zero-order valence-corrected chi connectivity index (χ0v) is 14.3. The predicted octanol–water partition coefficient (Wildman–Crippen LogP) is 2.97. The molecule has 3 saturated carbocycles. The molecule has 0 radical (unpaired) electrons. The van der Waals surface area contributed by atoms with E-state index in [1.807, 2.05) is 20.8 Å². The van der Waals surface area contributed by atoms with Gasteiger partial charge in [-0.1, -0.05) is 0 Å². The standard InChI is InChI=1S/C17H19FN4O3/c1-15(2,3)25-14(23)20-17-7-16(8-17,9-17)13-22-21-12(24-13)10-4-11(18)6-19-5-10/h4-6H,7-9H2,1-3H3,(H,20,23). The normalized spacial score (nSPS) is 27.2. The molecule has 2 heterocycles. The highest BCUT2D eigenvalue weighted by Crippen LogP contribution is 2.67. The number of hydrogen-bond acceptors (Lipinski definition) is 6. The van der Waals surface area contributed by atoms with Gasteiger partial charge in [0.2, 0.25) is 11.8 Å². The summed E-state index contributed by atoms with van der Waals surface area (Å²) in [7, 11) is 0. The number of rotatable bonds is 3. The first-order valence-corrected chi connectivity index (χ1v) is 8.15. The summed E-state index contributed by atoms with van der Waals surface area (Å²) in [5.74, 6) is 0.323. The van der Waals surface area contributed by atoms with Gasteiger partial charge in [-0.25, -0.2) is 9.18 Å². The number of pyridine rings is 1. The average molecular weight is 346 g/mol. The number of ether oxygens (including phenoxy) is 1. The largest absolute Gasteiger partial charge is 0.444 e. The average Bonchev–Trinajstić information content (AvgIpc) is 2.88. The first-order valence-electron chi connectivity index (χ1n) is 8.15. The van der Waals surface area contributed by atoms with Gasteiger partial charge < -0.3 is 14.5 Å². The third-order valence-electron chi connectivity index (χ3n) is 4.63. The Balaban J connectivity index is 1.41. The summed E-state index contributed by atoms with van der Waals surface area (Å²) >= 11 is 0. The van der Waals surface area contributed by atoms with Crippen LogP contribution in [0.4, 0.5) is 9.18 Å². The second-order valence-corrected chi connectivity index (χ2v) is 8.02. The summed E-state index contributed by atoms with van der Waals surface area (Å²) < 4.78 is 24.3. The first-order chi connectivity index (χ1) is 11.7. The molecular weight excluding hydrogens is 327 g/mol. The Hall–Kier alpha value is -2.51. The van der Waals surface area contributed by atoms with E-state index in [0.717, 1.165) is 25.5 Å². The van der Waals surface area contributed by atoms with Gasteiger partial charge in [0.15, 0.2) is 0 Å². The molecule has 0 unspecified atom stereocenters. The lowest BCUT2D eigenvalue weighted by Gasteiger charge is -2.68. The van der Waals surface area contributed by atoms with Crippen LogP contribution in [0.25, 0.3) is 11.5 Å². The number of alkyl carbamates (subject to hydrolysis) is 1. The Labute approximate surface area is 144 Å². The topological polar surface area (TPSA) is 90.1 Å². The fraction of sp³-hybridized carbons (Fsp3) is 0.529. The highest BCUT2D eigenvalue weighted by atomic mass is 19.1. The van der Waals surface area contributed by atoms with Gasteiger partial charge in [0.25, 0.3) is 0 Å². The molecule has 25 heavy (non-hydrogen) atoms. The molecule has 1 amide bonds.